The van der Waals surface area contributed by atoms with Crippen molar-refractivity contribution in [3.63, 3.8) is 0 Å². The van der Waals surface area contributed by atoms with Gasteiger partial charge in [0.25, 0.3) is 5.91 Å². The Morgan fingerprint density at radius 1 is 1.43 bits per heavy atom. The van der Waals surface area contributed by atoms with E-state index in [9.17, 15) is 4.79 Å². The molecule has 116 valence electrons. The highest BCUT2D eigenvalue weighted by molar-refractivity contribution is 9.10. The summed E-state index contributed by atoms with van der Waals surface area (Å²) < 4.78 is 2.05. The highest BCUT2D eigenvalue weighted by Gasteiger charge is 2.14. The van der Waals surface area contributed by atoms with Crippen molar-refractivity contribution >= 4 is 50.6 Å². The van der Waals surface area contributed by atoms with Gasteiger partial charge in [-0.3, -0.25) is 9.48 Å². The van der Waals surface area contributed by atoms with E-state index >= 15 is 0 Å². The van der Waals surface area contributed by atoms with E-state index in [1.54, 1.807) is 13.2 Å². The quantitative estimate of drug-likeness (QED) is 0.423. The van der Waals surface area contributed by atoms with Gasteiger partial charge in [0.05, 0.1) is 22.4 Å². The minimum Gasteiger partial charge on any atom is -0.266 e. The molecule has 0 saturated carbocycles. The summed E-state index contributed by atoms with van der Waals surface area (Å²) in [6, 6.07) is 9.48. The van der Waals surface area contributed by atoms with Crippen LogP contribution in [-0.2, 0) is 7.05 Å². The number of halogens is 2. The maximum absolute atomic E-state index is 12.1. The second-order valence-corrected chi connectivity index (χ2v) is 5.94. The van der Waals surface area contributed by atoms with Crippen LogP contribution in [0, 0.1) is 0 Å². The number of fused-ring (bicyclic) bond motifs is 1. The van der Waals surface area contributed by atoms with Crippen molar-refractivity contribution in [1.82, 2.24) is 20.2 Å². The number of hydrogen-bond donors (Lipinski definition) is 1. The van der Waals surface area contributed by atoms with Gasteiger partial charge in [-0.25, -0.2) is 10.4 Å². The maximum Gasteiger partial charge on any atom is 0.290 e. The van der Waals surface area contributed by atoms with E-state index in [1.165, 1.54) is 10.9 Å². The first-order chi connectivity index (χ1) is 11.1. The molecule has 8 heteroatoms. The van der Waals surface area contributed by atoms with E-state index < -0.39 is 0 Å². The highest BCUT2D eigenvalue weighted by Crippen LogP contribution is 2.19. The lowest BCUT2D eigenvalue weighted by Crippen LogP contribution is -2.21. The van der Waals surface area contributed by atoms with Crippen LogP contribution < -0.4 is 5.43 Å². The van der Waals surface area contributed by atoms with Gasteiger partial charge in [-0.05, 0) is 28.1 Å². The van der Waals surface area contributed by atoms with Gasteiger partial charge in [0.1, 0.15) is 10.8 Å². The molecule has 0 radical (unpaired) electrons. The molecule has 0 atom stereocenters. The number of benzene rings is 1. The number of carbonyl (C=O) groups excluding carboxylic acids is 1. The lowest BCUT2D eigenvalue weighted by molar-refractivity contribution is 0.0945. The Hall–Kier alpha value is -2.25. The largest absolute Gasteiger partial charge is 0.290 e. The van der Waals surface area contributed by atoms with Crippen LogP contribution >= 0.6 is 27.5 Å². The Morgan fingerprint density at radius 3 is 2.96 bits per heavy atom. The Bertz CT molecular complexity index is 902. The van der Waals surface area contributed by atoms with Crippen molar-refractivity contribution in [3.8, 4) is 0 Å². The molecule has 2 heterocycles. The van der Waals surface area contributed by atoms with Crippen molar-refractivity contribution in [2.45, 2.75) is 0 Å². The molecule has 1 amide bonds. The Balaban J connectivity index is 1.81. The van der Waals surface area contributed by atoms with Crippen LogP contribution in [0.25, 0.3) is 10.9 Å². The maximum atomic E-state index is 12.1. The standard InChI is InChI=1S/C15H11BrClN5O/c1-22-13(11(16)8-19-22)15(23)21-18-7-10-6-9-4-2-3-5-12(9)20-14(10)17/h2-8H,1H3,(H,21,23). The van der Waals surface area contributed by atoms with Crippen LogP contribution in [0.5, 0.6) is 0 Å². The van der Waals surface area contributed by atoms with E-state index in [0.717, 1.165) is 10.9 Å². The highest BCUT2D eigenvalue weighted by atomic mass is 79.9. The van der Waals surface area contributed by atoms with E-state index in [2.05, 4.69) is 36.5 Å². The van der Waals surface area contributed by atoms with Gasteiger partial charge in [-0.2, -0.15) is 10.2 Å². The molecule has 2 aromatic heterocycles. The van der Waals surface area contributed by atoms with Gasteiger partial charge in [-0.15, -0.1) is 0 Å². The molecule has 0 spiro atoms. The fourth-order valence-electron chi connectivity index (χ4n) is 2.08. The van der Waals surface area contributed by atoms with Gasteiger partial charge < -0.3 is 0 Å². The van der Waals surface area contributed by atoms with Crippen LogP contribution in [0.3, 0.4) is 0 Å². The van der Waals surface area contributed by atoms with Gasteiger partial charge >= 0.3 is 0 Å². The number of aryl methyl sites for hydroxylation is 1. The molecule has 1 aromatic carbocycles. The Morgan fingerprint density at radius 2 is 2.22 bits per heavy atom. The summed E-state index contributed by atoms with van der Waals surface area (Å²) in [5.74, 6) is -0.377. The van der Waals surface area contributed by atoms with Crippen LogP contribution in [0.4, 0.5) is 0 Å². The topological polar surface area (TPSA) is 72.2 Å². The van der Waals surface area contributed by atoms with Gasteiger partial charge in [0, 0.05) is 18.0 Å². The van der Waals surface area contributed by atoms with Crippen LogP contribution in [0.1, 0.15) is 16.1 Å². The molecule has 0 aliphatic heterocycles. The molecule has 0 fully saturated rings. The Kier molecular flexibility index (Phi) is 4.40. The molecule has 3 aromatic rings. The van der Waals surface area contributed by atoms with Crippen molar-refractivity contribution in [1.29, 1.82) is 0 Å². The number of rotatable bonds is 3. The number of pyridine rings is 1. The molecular weight excluding hydrogens is 382 g/mol. The summed E-state index contributed by atoms with van der Waals surface area (Å²) in [5, 5.41) is 9.18. The summed E-state index contributed by atoms with van der Waals surface area (Å²) >= 11 is 9.40. The monoisotopic (exact) mass is 391 g/mol. The molecule has 0 bridgehead atoms. The smallest absolute Gasteiger partial charge is 0.266 e. The lowest BCUT2D eigenvalue weighted by Gasteiger charge is -2.03. The molecule has 23 heavy (non-hydrogen) atoms. The van der Waals surface area contributed by atoms with Gasteiger partial charge in [-0.1, -0.05) is 29.8 Å². The number of para-hydroxylation sites is 1. The minimum absolute atomic E-state index is 0.323. The summed E-state index contributed by atoms with van der Waals surface area (Å²) in [7, 11) is 1.67. The summed E-state index contributed by atoms with van der Waals surface area (Å²) in [5.41, 5.74) is 4.25. The molecule has 0 aliphatic carbocycles. The van der Waals surface area contributed by atoms with E-state index in [0.29, 0.717) is 20.9 Å². The van der Waals surface area contributed by atoms with Crippen LogP contribution in [0.2, 0.25) is 5.15 Å². The van der Waals surface area contributed by atoms with Gasteiger partial charge in [0.15, 0.2) is 0 Å². The summed E-state index contributed by atoms with van der Waals surface area (Å²) in [4.78, 5) is 16.4. The van der Waals surface area contributed by atoms with Crippen molar-refractivity contribution in [2.75, 3.05) is 0 Å². The van der Waals surface area contributed by atoms with Crippen LogP contribution in [0.15, 0.2) is 46.1 Å². The third-order valence-electron chi connectivity index (χ3n) is 3.18. The molecule has 0 aliphatic rings. The summed E-state index contributed by atoms with van der Waals surface area (Å²) in [6.07, 6.45) is 3.01. The van der Waals surface area contributed by atoms with Crippen molar-refractivity contribution < 1.29 is 4.79 Å². The zero-order chi connectivity index (χ0) is 16.4. The first-order valence-electron chi connectivity index (χ1n) is 6.62. The Labute approximate surface area is 145 Å². The first kappa shape index (κ1) is 15.6. The van der Waals surface area contributed by atoms with Crippen LogP contribution in [-0.4, -0.2) is 26.9 Å². The molecule has 1 N–H and O–H groups in total. The number of carbonyl (C=O) groups is 1. The summed E-state index contributed by atoms with van der Waals surface area (Å²) in [6.45, 7) is 0. The number of hydrazone groups is 1. The SMILES string of the molecule is Cn1ncc(Br)c1C(=O)NN=Cc1cc2ccccc2nc1Cl. The minimum atomic E-state index is -0.377. The fraction of sp³-hybridized carbons (Fsp3) is 0.0667. The molecule has 6 nitrogen and oxygen atoms in total. The average molecular weight is 393 g/mol. The number of amides is 1. The van der Waals surface area contributed by atoms with Gasteiger partial charge in [0.2, 0.25) is 0 Å². The fourth-order valence-corrected chi connectivity index (χ4v) is 2.80. The first-order valence-corrected chi connectivity index (χ1v) is 7.79. The number of nitrogens with zero attached hydrogens (tertiary/aromatic N) is 4. The molecular formula is C15H11BrClN5O. The van der Waals surface area contributed by atoms with E-state index in [1.807, 2.05) is 30.3 Å². The predicted octanol–water partition coefficient (Wildman–Crippen LogP) is 3.15. The van der Waals surface area contributed by atoms with E-state index in [4.69, 9.17) is 11.6 Å². The molecule has 0 unspecified atom stereocenters. The van der Waals surface area contributed by atoms with Crippen molar-refractivity contribution in [3.05, 3.63) is 57.4 Å². The average Bonchev–Trinajstić information content (AvgIpc) is 2.86. The zero-order valence-electron chi connectivity index (χ0n) is 12.0. The van der Waals surface area contributed by atoms with E-state index in [-0.39, 0.29) is 5.91 Å². The second-order valence-electron chi connectivity index (χ2n) is 4.72. The number of aromatic nitrogens is 3. The molecule has 3 rings (SSSR count). The van der Waals surface area contributed by atoms with Crippen molar-refractivity contribution in [2.24, 2.45) is 12.1 Å². The molecule has 0 saturated heterocycles. The predicted molar refractivity (Wildman–Crippen MR) is 92.7 cm³/mol. The second kappa shape index (κ2) is 6.47. The third kappa shape index (κ3) is 3.25. The normalized spacial score (nSPS) is 11.3. The number of hydrogen-bond acceptors (Lipinski definition) is 4. The lowest BCUT2D eigenvalue weighted by atomic mass is 10.2. The third-order valence-corrected chi connectivity index (χ3v) is 4.07. The number of nitrogens with one attached hydrogen (secondary N) is 1. The zero-order valence-corrected chi connectivity index (χ0v) is 14.3.